The lowest BCUT2D eigenvalue weighted by molar-refractivity contribution is 0.0985. The maximum atomic E-state index is 12.5. The molecule has 0 radical (unpaired) electrons. The Kier molecular flexibility index (Phi) is 4.82. The second-order valence-corrected chi connectivity index (χ2v) is 10.5. The lowest BCUT2D eigenvalue weighted by atomic mass is 10.1. The number of fused-ring (bicyclic) bond motifs is 1. The molecule has 0 spiro atoms. The number of sulfone groups is 1. The van der Waals surface area contributed by atoms with E-state index in [9.17, 15) is 8.42 Å². The molecular weight excluding hydrogens is 390 g/mol. The number of H-pyrrole nitrogens is 1. The van der Waals surface area contributed by atoms with Crippen LogP contribution in [0.5, 0.6) is 0 Å². The Morgan fingerprint density at radius 1 is 1.28 bits per heavy atom. The minimum absolute atomic E-state index is 0.131. The first kappa shape index (κ1) is 19.8. The van der Waals surface area contributed by atoms with Crippen LogP contribution < -0.4 is 4.90 Å². The summed E-state index contributed by atoms with van der Waals surface area (Å²) >= 11 is 0. The van der Waals surface area contributed by atoms with Crippen molar-refractivity contribution in [1.82, 2.24) is 19.9 Å². The molecule has 1 aliphatic rings. The molecule has 4 heterocycles. The largest absolute Gasteiger partial charge is 0.377 e. The van der Waals surface area contributed by atoms with E-state index in [1.54, 1.807) is 26.1 Å². The SMILES string of the molecule is C[C@H]1COCCN1c1cc(C(C)(C)S(C)(=O)=O)nc(-c2cnc3[nH]ccc3c2)n1. The molecule has 8 nitrogen and oxygen atoms in total. The maximum Gasteiger partial charge on any atom is 0.163 e. The molecule has 1 saturated heterocycles. The average molecular weight is 416 g/mol. The fourth-order valence-corrected chi connectivity index (χ4v) is 3.82. The van der Waals surface area contributed by atoms with Crippen LogP contribution in [0, 0.1) is 0 Å². The molecule has 0 aromatic carbocycles. The molecule has 1 N–H and O–H groups in total. The van der Waals surface area contributed by atoms with Gasteiger partial charge in [0.15, 0.2) is 15.7 Å². The van der Waals surface area contributed by atoms with Gasteiger partial charge in [0.25, 0.3) is 0 Å². The van der Waals surface area contributed by atoms with Crippen molar-refractivity contribution in [1.29, 1.82) is 0 Å². The van der Waals surface area contributed by atoms with E-state index in [0.29, 0.717) is 37.1 Å². The van der Waals surface area contributed by atoms with Crippen LogP contribution in [-0.2, 0) is 19.3 Å². The van der Waals surface area contributed by atoms with Gasteiger partial charge >= 0.3 is 0 Å². The van der Waals surface area contributed by atoms with Gasteiger partial charge in [0, 0.05) is 42.2 Å². The van der Waals surface area contributed by atoms with Crippen LogP contribution in [0.2, 0.25) is 0 Å². The predicted octanol–water partition coefficient (Wildman–Crippen LogP) is 2.52. The highest BCUT2D eigenvalue weighted by Gasteiger charge is 2.35. The number of nitrogens with one attached hydrogen (secondary N) is 1. The van der Waals surface area contributed by atoms with Crippen LogP contribution in [0.3, 0.4) is 0 Å². The fraction of sp³-hybridized carbons (Fsp3) is 0.450. The number of rotatable bonds is 4. The number of aromatic amines is 1. The van der Waals surface area contributed by atoms with Gasteiger partial charge in [-0.3, -0.25) is 0 Å². The molecule has 29 heavy (non-hydrogen) atoms. The van der Waals surface area contributed by atoms with Gasteiger partial charge in [-0.25, -0.2) is 23.4 Å². The number of ether oxygens (including phenoxy) is 1. The van der Waals surface area contributed by atoms with Crippen LogP contribution in [0.25, 0.3) is 22.4 Å². The monoisotopic (exact) mass is 415 g/mol. The van der Waals surface area contributed by atoms with Crippen molar-refractivity contribution in [3.8, 4) is 11.4 Å². The molecule has 0 saturated carbocycles. The van der Waals surface area contributed by atoms with E-state index in [-0.39, 0.29) is 6.04 Å². The molecule has 3 aromatic heterocycles. The quantitative estimate of drug-likeness (QED) is 0.699. The Labute approximate surface area is 170 Å². The van der Waals surface area contributed by atoms with Crippen LogP contribution >= 0.6 is 0 Å². The summed E-state index contributed by atoms with van der Waals surface area (Å²) < 4.78 is 29.4. The normalized spacial score (nSPS) is 18.3. The van der Waals surface area contributed by atoms with Gasteiger partial charge in [0.2, 0.25) is 0 Å². The van der Waals surface area contributed by atoms with Crippen molar-refractivity contribution in [3.05, 3.63) is 36.3 Å². The van der Waals surface area contributed by atoms with Gasteiger partial charge in [0.05, 0.1) is 24.9 Å². The highest BCUT2D eigenvalue weighted by Crippen LogP contribution is 2.32. The standard InChI is InChI=1S/C20H25N5O3S/c1-13-12-28-8-7-25(13)17-10-16(20(2,3)29(4,26)27)23-19(24-17)15-9-14-5-6-21-18(14)22-11-15/h5-6,9-11,13H,7-8,12H2,1-4H3,(H,21,22)/t13-/m0/s1. The van der Waals surface area contributed by atoms with Gasteiger partial charge in [-0.2, -0.15) is 0 Å². The number of pyridine rings is 1. The number of hydrogen-bond acceptors (Lipinski definition) is 7. The van der Waals surface area contributed by atoms with Gasteiger partial charge in [-0.15, -0.1) is 0 Å². The summed E-state index contributed by atoms with van der Waals surface area (Å²) in [6.45, 7) is 7.30. The molecule has 4 rings (SSSR count). The number of hydrogen-bond donors (Lipinski definition) is 1. The Balaban J connectivity index is 1.90. The van der Waals surface area contributed by atoms with E-state index >= 15 is 0 Å². The minimum atomic E-state index is -3.40. The molecule has 1 atom stereocenters. The van der Waals surface area contributed by atoms with Gasteiger partial charge in [-0.05, 0) is 32.9 Å². The minimum Gasteiger partial charge on any atom is -0.377 e. The first-order valence-electron chi connectivity index (χ1n) is 9.54. The zero-order valence-corrected chi connectivity index (χ0v) is 17.8. The maximum absolute atomic E-state index is 12.5. The van der Waals surface area contributed by atoms with Crippen LogP contribution in [-0.4, -0.2) is 60.4 Å². The number of morpholine rings is 1. The molecule has 1 fully saturated rings. The fourth-order valence-electron chi connectivity index (χ4n) is 3.34. The molecule has 0 bridgehead atoms. The third kappa shape index (κ3) is 3.60. The first-order chi connectivity index (χ1) is 13.7. The summed E-state index contributed by atoms with van der Waals surface area (Å²) in [7, 11) is -3.40. The number of nitrogens with zero attached hydrogens (tertiary/aromatic N) is 4. The van der Waals surface area contributed by atoms with Gasteiger partial charge < -0.3 is 14.6 Å². The van der Waals surface area contributed by atoms with Crippen molar-refractivity contribution in [3.63, 3.8) is 0 Å². The lowest BCUT2D eigenvalue weighted by Gasteiger charge is -2.35. The zero-order chi connectivity index (χ0) is 20.8. The summed E-state index contributed by atoms with van der Waals surface area (Å²) in [5.74, 6) is 1.16. The average Bonchev–Trinajstić information content (AvgIpc) is 3.15. The second kappa shape index (κ2) is 7.07. The topological polar surface area (TPSA) is 101 Å². The molecule has 0 amide bonds. The highest BCUT2D eigenvalue weighted by molar-refractivity contribution is 7.91. The number of aromatic nitrogens is 4. The molecule has 0 unspecified atom stereocenters. The third-order valence-electron chi connectivity index (χ3n) is 5.58. The van der Waals surface area contributed by atoms with Gasteiger partial charge in [0.1, 0.15) is 16.2 Å². The number of anilines is 1. The summed E-state index contributed by atoms with van der Waals surface area (Å²) in [4.78, 5) is 19.1. The lowest BCUT2D eigenvalue weighted by Crippen LogP contribution is -2.44. The molecular formula is C20H25N5O3S. The smallest absolute Gasteiger partial charge is 0.163 e. The van der Waals surface area contributed by atoms with E-state index in [4.69, 9.17) is 9.72 Å². The van der Waals surface area contributed by atoms with Gasteiger partial charge in [-0.1, -0.05) is 0 Å². The molecule has 3 aromatic rings. The van der Waals surface area contributed by atoms with Crippen molar-refractivity contribution >= 4 is 26.7 Å². The van der Waals surface area contributed by atoms with Crippen molar-refractivity contribution in [2.75, 3.05) is 30.9 Å². The van der Waals surface area contributed by atoms with Crippen molar-refractivity contribution in [2.45, 2.75) is 31.6 Å². The van der Waals surface area contributed by atoms with Crippen molar-refractivity contribution in [2.24, 2.45) is 0 Å². The van der Waals surface area contributed by atoms with Crippen LogP contribution in [0.1, 0.15) is 26.5 Å². The summed E-state index contributed by atoms with van der Waals surface area (Å²) in [5.41, 5.74) is 1.99. The highest BCUT2D eigenvalue weighted by atomic mass is 32.2. The van der Waals surface area contributed by atoms with E-state index in [1.807, 2.05) is 18.3 Å². The van der Waals surface area contributed by atoms with E-state index in [2.05, 4.69) is 26.8 Å². The Morgan fingerprint density at radius 3 is 2.79 bits per heavy atom. The first-order valence-corrected chi connectivity index (χ1v) is 11.4. The van der Waals surface area contributed by atoms with Crippen molar-refractivity contribution < 1.29 is 13.2 Å². The predicted molar refractivity (Wildman–Crippen MR) is 113 cm³/mol. The Bertz CT molecular complexity index is 1160. The Morgan fingerprint density at radius 2 is 2.07 bits per heavy atom. The molecule has 1 aliphatic heterocycles. The molecule has 154 valence electrons. The van der Waals surface area contributed by atoms with Crippen LogP contribution in [0.15, 0.2) is 30.6 Å². The molecule has 9 heteroatoms. The summed E-state index contributed by atoms with van der Waals surface area (Å²) in [6.07, 6.45) is 4.77. The van der Waals surface area contributed by atoms with E-state index in [0.717, 1.165) is 16.6 Å². The third-order valence-corrected chi connectivity index (χ3v) is 7.64. The summed E-state index contributed by atoms with van der Waals surface area (Å²) in [6, 6.07) is 5.80. The second-order valence-electron chi connectivity index (χ2n) is 7.97. The van der Waals surface area contributed by atoms with E-state index < -0.39 is 14.6 Å². The molecule has 0 aliphatic carbocycles. The van der Waals surface area contributed by atoms with E-state index in [1.165, 1.54) is 6.26 Å². The Hall–Kier alpha value is -2.52. The zero-order valence-electron chi connectivity index (χ0n) is 17.0. The summed E-state index contributed by atoms with van der Waals surface area (Å²) in [5, 5.41) is 0.945. The van der Waals surface area contributed by atoms with Crippen LogP contribution in [0.4, 0.5) is 5.82 Å².